The molecule has 0 atom stereocenters. The van der Waals surface area contributed by atoms with Gasteiger partial charge < -0.3 is 15.2 Å². The molecule has 0 bridgehead atoms. The second-order valence-corrected chi connectivity index (χ2v) is 6.21. The van der Waals surface area contributed by atoms with Crippen LogP contribution in [0.5, 0.6) is 5.75 Å². The summed E-state index contributed by atoms with van der Waals surface area (Å²) in [4.78, 5) is 15.1. The quantitative estimate of drug-likeness (QED) is 0.541. The third-order valence-electron chi connectivity index (χ3n) is 3.39. The number of ether oxygens (including phenoxy) is 1. The van der Waals surface area contributed by atoms with Crippen LogP contribution in [0.1, 0.15) is 25.2 Å². The molecule has 0 spiro atoms. The molecule has 3 rings (SSSR count). The standard InChI is InChI=1S/C15H17ClN6O3/c1-7(2)18-14-11(21-9(4)5-8(3)20-21)12(16)19-13-10(25-15(23)24)6-17-22(13)14/h5-7,18H,1-4H3,(H,23,24). The minimum atomic E-state index is -1.45. The second-order valence-electron chi connectivity index (χ2n) is 5.85. The minimum Gasteiger partial charge on any atom is -0.449 e. The molecular weight excluding hydrogens is 348 g/mol. The number of rotatable bonds is 4. The van der Waals surface area contributed by atoms with Crippen LogP contribution in [-0.4, -0.2) is 41.7 Å². The molecule has 0 fully saturated rings. The highest BCUT2D eigenvalue weighted by atomic mass is 35.5. The number of aryl methyl sites for hydroxylation is 2. The first-order valence-corrected chi connectivity index (χ1v) is 7.94. The van der Waals surface area contributed by atoms with E-state index in [4.69, 9.17) is 21.4 Å². The van der Waals surface area contributed by atoms with Gasteiger partial charge in [-0.1, -0.05) is 11.6 Å². The molecule has 0 aliphatic rings. The summed E-state index contributed by atoms with van der Waals surface area (Å²) in [6.45, 7) is 7.71. The van der Waals surface area contributed by atoms with E-state index >= 15 is 0 Å². The van der Waals surface area contributed by atoms with E-state index < -0.39 is 6.16 Å². The number of hydrogen-bond acceptors (Lipinski definition) is 6. The molecule has 0 unspecified atom stereocenters. The van der Waals surface area contributed by atoms with Gasteiger partial charge in [-0.3, -0.25) is 0 Å². The Kier molecular flexibility index (Phi) is 4.25. The monoisotopic (exact) mass is 364 g/mol. The Hall–Kier alpha value is -2.81. The van der Waals surface area contributed by atoms with Gasteiger partial charge in [0.25, 0.3) is 0 Å². The van der Waals surface area contributed by atoms with Gasteiger partial charge >= 0.3 is 6.16 Å². The van der Waals surface area contributed by atoms with Crippen LogP contribution in [0.2, 0.25) is 5.15 Å². The summed E-state index contributed by atoms with van der Waals surface area (Å²) in [5.41, 5.74) is 2.43. The first-order valence-electron chi connectivity index (χ1n) is 7.56. The molecule has 3 heterocycles. The Bertz CT molecular complexity index is 962. The van der Waals surface area contributed by atoms with Gasteiger partial charge in [-0.05, 0) is 33.8 Å². The van der Waals surface area contributed by atoms with E-state index in [1.807, 2.05) is 33.8 Å². The molecule has 0 aliphatic carbocycles. The number of hydrogen-bond donors (Lipinski definition) is 2. The molecule has 132 valence electrons. The molecule has 10 heteroatoms. The third-order valence-corrected chi connectivity index (χ3v) is 3.65. The zero-order valence-corrected chi connectivity index (χ0v) is 14.9. The number of carbonyl (C=O) groups is 1. The van der Waals surface area contributed by atoms with Gasteiger partial charge in [0, 0.05) is 11.7 Å². The molecule has 0 aliphatic heterocycles. The van der Waals surface area contributed by atoms with Crippen molar-refractivity contribution in [1.29, 1.82) is 0 Å². The largest absolute Gasteiger partial charge is 0.511 e. The zero-order chi connectivity index (χ0) is 18.3. The fourth-order valence-corrected chi connectivity index (χ4v) is 2.80. The fourth-order valence-electron chi connectivity index (χ4n) is 2.55. The summed E-state index contributed by atoms with van der Waals surface area (Å²) in [6, 6.07) is 1.98. The van der Waals surface area contributed by atoms with E-state index in [1.165, 1.54) is 10.7 Å². The number of nitrogens with one attached hydrogen (secondary N) is 1. The Morgan fingerprint density at radius 2 is 2.12 bits per heavy atom. The van der Waals surface area contributed by atoms with Gasteiger partial charge in [0.15, 0.2) is 16.7 Å². The van der Waals surface area contributed by atoms with Gasteiger partial charge in [0.05, 0.1) is 11.9 Å². The predicted molar refractivity (Wildman–Crippen MR) is 92.0 cm³/mol. The lowest BCUT2D eigenvalue weighted by atomic mass is 10.3. The lowest BCUT2D eigenvalue weighted by Crippen LogP contribution is -2.18. The fraction of sp³-hybridized carbons (Fsp3) is 0.333. The number of halogens is 1. The van der Waals surface area contributed by atoms with Crippen molar-refractivity contribution >= 4 is 29.2 Å². The summed E-state index contributed by atoms with van der Waals surface area (Å²) in [5, 5.41) is 20.9. The van der Waals surface area contributed by atoms with Crippen molar-refractivity contribution in [3.63, 3.8) is 0 Å². The van der Waals surface area contributed by atoms with Crippen molar-refractivity contribution < 1.29 is 14.6 Å². The number of aromatic nitrogens is 5. The van der Waals surface area contributed by atoms with Crippen molar-refractivity contribution in [3.8, 4) is 11.4 Å². The molecule has 0 aromatic carbocycles. The Labute approximate surface area is 148 Å². The smallest absolute Gasteiger partial charge is 0.449 e. The van der Waals surface area contributed by atoms with E-state index in [1.54, 1.807) is 4.68 Å². The summed E-state index contributed by atoms with van der Waals surface area (Å²) in [7, 11) is 0. The summed E-state index contributed by atoms with van der Waals surface area (Å²) < 4.78 is 7.85. The van der Waals surface area contributed by atoms with Crippen LogP contribution < -0.4 is 10.1 Å². The molecule has 0 amide bonds. The van der Waals surface area contributed by atoms with E-state index in [0.717, 1.165) is 11.4 Å². The maximum Gasteiger partial charge on any atom is 0.511 e. The van der Waals surface area contributed by atoms with Crippen LogP contribution in [0.15, 0.2) is 12.3 Å². The van der Waals surface area contributed by atoms with Crippen LogP contribution in [0.25, 0.3) is 11.3 Å². The van der Waals surface area contributed by atoms with Gasteiger partial charge in [-0.15, -0.1) is 0 Å². The average molecular weight is 365 g/mol. The Morgan fingerprint density at radius 1 is 1.40 bits per heavy atom. The lowest BCUT2D eigenvalue weighted by Gasteiger charge is -2.17. The Morgan fingerprint density at radius 3 is 2.68 bits per heavy atom. The van der Waals surface area contributed by atoms with Crippen LogP contribution in [0.4, 0.5) is 10.6 Å². The Balaban J connectivity index is 2.31. The molecule has 0 saturated carbocycles. The van der Waals surface area contributed by atoms with Crippen LogP contribution in [-0.2, 0) is 0 Å². The maximum absolute atomic E-state index is 10.8. The second kappa shape index (κ2) is 6.25. The highest BCUT2D eigenvalue weighted by Gasteiger charge is 2.23. The van der Waals surface area contributed by atoms with Crippen LogP contribution in [0.3, 0.4) is 0 Å². The van der Waals surface area contributed by atoms with E-state index in [9.17, 15) is 4.79 Å². The highest BCUT2D eigenvalue weighted by molar-refractivity contribution is 6.31. The van der Waals surface area contributed by atoms with Crippen molar-refractivity contribution in [2.24, 2.45) is 0 Å². The topological polar surface area (TPSA) is 107 Å². The number of fused-ring (bicyclic) bond motifs is 1. The van der Waals surface area contributed by atoms with Crippen molar-refractivity contribution in [1.82, 2.24) is 24.4 Å². The normalized spacial score (nSPS) is 11.3. The minimum absolute atomic E-state index is 0.00104. The SMILES string of the molecule is Cc1cc(C)n(-c2c(Cl)nc3c(OC(=O)O)cnn3c2NC(C)C)n1. The maximum atomic E-state index is 10.8. The van der Waals surface area contributed by atoms with Crippen LogP contribution in [0, 0.1) is 13.8 Å². The predicted octanol–water partition coefficient (Wildman–Crippen LogP) is 3.06. The first kappa shape index (κ1) is 17.0. The first-order chi connectivity index (χ1) is 11.8. The molecule has 9 nitrogen and oxygen atoms in total. The molecular formula is C15H17ClN6O3. The third kappa shape index (κ3) is 3.10. The van der Waals surface area contributed by atoms with Gasteiger partial charge in [-0.25, -0.2) is 14.5 Å². The molecule has 3 aromatic rings. The highest BCUT2D eigenvalue weighted by Crippen LogP contribution is 2.32. The summed E-state index contributed by atoms with van der Waals surface area (Å²) >= 11 is 6.42. The summed E-state index contributed by atoms with van der Waals surface area (Å²) in [6.07, 6.45) is -0.169. The van der Waals surface area contributed by atoms with E-state index in [-0.39, 0.29) is 22.6 Å². The van der Waals surface area contributed by atoms with Gasteiger partial charge in [0.2, 0.25) is 5.65 Å². The van der Waals surface area contributed by atoms with Crippen molar-refractivity contribution in [2.45, 2.75) is 33.7 Å². The zero-order valence-electron chi connectivity index (χ0n) is 14.1. The molecule has 25 heavy (non-hydrogen) atoms. The molecule has 0 saturated heterocycles. The van der Waals surface area contributed by atoms with Crippen molar-refractivity contribution in [3.05, 3.63) is 28.8 Å². The van der Waals surface area contributed by atoms with E-state index in [0.29, 0.717) is 11.5 Å². The van der Waals surface area contributed by atoms with Crippen molar-refractivity contribution in [2.75, 3.05) is 5.32 Å². The molecule has 2 N–H and O–H groups in total. The summed E-state index contributed by atoms with van der Waals surface area (Å²) in [5.74, 6) is 0.539. The van der Waals surface area contributed by atoms with Gasteiger partial charge in [0.1, 0.15) is 5.69 Å². The number of carboxylic acid groups (broad SMARTS) is 1. The molecule has 0 radical (unpaired) electrons. The number of anilines is 1. The number of nitrogens with zero attached hydrogens (tertiary/aromatic N) is 5. The van der Waals surface area contributed by atoms with Crippen LogP contribution >= 0.6 is 11.6 Å². The molecule has 3 aromatic heterocycles. The van der Waals surface area contributed by atoms with E-state index in [2.05, 4.69) is 20.5 Å². The average Bonchev–Trinajstić information content (AvgIpc) is 3.01. The van der Waals surface area contributed by atoms with Gasteiger partial charge in [-0.2, -0.15) is 14.7 Å². The lowest BCUT2D eigenvalue weighted by molar-refractivity contribution is 0.145.